The summed E-state index contributed by atoms with van der Waals surface area (Å²) in [6.07, 6.45) is 2.37. The monoisotopic (exact) mass is 294 g/mol. The van der Waals surface area contributed by atoms with E-state index in [-0.39, 0.29) is 23.6 Å². The van der Waals surface area contributed by atoms with Crippen molar-refractivity contribution in [1.82, 2.24) is 0 Å². The Kier molecular flexibility index (Phi) is 5.01. The Labute approximate surface area is 124 Å². The lowest BCUT2D eigenvalue weighted by molar-refractivity contribution is -0.386. The summed E-state index contributed by atoms with van der Waals surface area (Å²) >= 11 is 0. The van der Waals surface area contributed by atoms with Gasteiger partial charge in [-0.25, -0.2) is 0 Å². The maximum Gasteiger partial charge on any atom is 0.311 e. The van der Waals surface area contributed by atoms with E-state index in [0.717, 1.165) is 31.5 Å². The van der Waals surface area contributed by atoms with Gasteiger partial charge in [-0.05, 0) is 45.1 Å². The predicted octanol–water partition coefficient (Wildman–Crippen LogP) is 2.95. The van der Waals surface area contributed by atoms with Gasteiger partial charge in [-0.2, -0.15) is 0 Å². The number of hydrogen-bond acceptors (Lipinski definition) is 5. The maximum absolute atomic E-state index is 11.0. The second kappa shape index (κ2) is 6.76. The number of nitrogens with one attached hydrogen (secondary N) is 1. The van der Waals surface area contributed by atoms with Crippen molar-refractivity contribution in [2.45, 2.75) is 45.3 Å². The normalized spacial score (nSPS) is 21.5. The standard InChI is InChI=1S/C15H22N2O4/c1-10(2)21-15-8-12(4-6-14(15)17(19)20)16-9-11-3-5-13(18)7-11/h4,6,8,10-11,13,16,18H,3,5,7,9H2,1-2H3. The highest BCUT2D eigenvalue weighted by Crippen LogP contribution is 2.32. The Hall–Kier alpha value is -1.82. The fourth-order valence-corrected chi connectivity index (χ4v) is 2.62. The molecule has 2 atom stereocenters. The molecule has 0 saturated heterocycles. The zero-order valence-corrected chi connectivity index (χ0v) is 12.4. The minimum Gasteiger partial charge on any atom is -0.484 e. The summed E-state index contributed by atoms with van der Waals surface area (Å²) < 4.78 is 5.51. The number of nitrogens with zero attached hydrogens (tertiary/aromatic N) is 1. The second-order valence-corrected chi connectivity index (χ2v) is 5.82. The number of aliphatic hydroxyl groups is 1. The van der Waals surface area contributed by atoms with Crippen molar-refractivity contribution in [1.29, 1.82) is 0 Å². The quantitative estimate of drug-likeness (QED) is 0.622. The van der Waals surface area contributed by atoms with Crippen LogP contribution < -0.4 is 10.1 Å². The third kappa shape index (κ3) is 4.32. The van der Waals surface area contributed by atoms with Crippen LogP contribution in [-0.4, -0.2) is 28.8 Å². The molecule has 2 rings (SSSR count). The Bertz CT molecular complexity index is 504. The van der Waals surface area contributed by atoms with Crippen molar-refractivity contribution in [2.24, 2.45) is 5.92 Å². The van der Waals surface area contributed by atoms with Crippen molar-refractivity contribution >= 4 is 11.4 Å². The van der Waals surface area contributed by atoms with Gasteiger partial charge in [-0.15, -0.1) is 0 Å². The first kappa shape index (κ1) is 15.6. The molecule has 0 aromatic heterocycles. The molecule has 6 nitrogen and oxygen atoms in total. The molecule has 0 radical (unpaired) electrons. The van der Waals surface area contributed by atoms with Crippen LogP contribution in [0.3, 0.4) is 0 Å². The lowest BCUT2D eigenvalue weighted by Crippen LogP contribution is -2.13. The van der Waals surface area contributed by atoms with E-state index in [2.05, 4.69) is 5.32 Å². The van der Waals surface area contributed by atoms with Gasteiger partial charge in [-0.3, -0.25) is 10.1 Å². The Balaban J connectivity index is 2.04. The highest BCUT2D eigenvalue weighted by Gasteiger charge is 2.23. The van der Waals surface area contributed by atoms with Crippen LogP contribution >= 0.6 is 0 Å². The van der Waals surface area contributed by atoms with Crippen LogP contribution in [0.2, 0.25) is 0 Å². The Morgan fingerprint density at radius 1 is 1.48 bits per heavy atom. The third-order valence-corrected chi connectivity index (χ3v) is 3.63. The van der Waals surface area contributed by atoms with Crippen LogP contribution in [0.25, 0.3) is 0 Å². The molecule has 116 valence electrons. The fourth-order valence-electron chi connectivity index (χ4n) is 2.62. The summed E-state index contributed by atoms with van der Waals surface area (Å²) in [5.41, 5.74) is 0.781. The van der Waals surface area contributed by atoms with Crippen molar-refractivity contribution in [3.05, 3.63) is 28.3 Å². The Morgan fingerprint density at radius 2 is 2.24 bits per heavy atom. The number of anilines is 1. The van der Waals surface area contributed by atoms with Crippen LogP contribution in [0.15, 0.2) is 18.2 Å². The molecule has 0 spiro atoms. The van der Waals surface area contributed by atoms with E-state index in [1.807, 2.05) is 13.8 Å². The van der Waals surface area contributed by atoms with E-state index in [0.29, 0.717) is 5.92 Å². The molecule has 1 saturated carbocycles. The lowest BCUT2D eigenvalue weighted by Gasteiger charge is -2.14. The number of aliphatic hydroxyl groups excluding tert-OH is 1. The first-order valence-electron chi connectivity index (χ1n) is 7.32. The van der Waals surface area contributed by atoms with Crippen LogP contribution in [0.5, 0.6) is 5.75 Å². The SMILES string of the molecule is CC(C)Oc1cc(NCC2CCC(O)C2)ccc1[N+](=O)[O-]. The second-order valence-electron chi connectivity index (χ2n) is 5.82. The number of benzene rings is 1. The molecule has 2 N–H and O–H groups in total. The van der Waals surface area contributed by atoms with Gasteiger partial charge in [0.25, 0.3) is 0 Å². The van der Waals surface area contributed by atoms with E-state index >= 15 is 0 Å². The zero-order valence-electron chi connectivity index (χ0n) is 12.4. The average Bonchev–Trinajstić information content (AvgIpc) is 2.81. The molecule has 1 aromatic rings. The van der Waals surface area contributed by atoms with E-state index in [4.69, 9.17) is 4.74 Å². The van der Waals surface area contributed by atoms with Crippen LogP contribution in [-0.2, 0) is 0 Å². The first-order valence-corrected chi connectivity index (χ1v) is 7.32. The zero-order chi connectivity index (χ0) is 15.4. The van der Waals surface area contributed by atoms with Gasteiger partial charge < -0.3 is 15.2 Å². The maximum atomic E-state index is 11.0. The molecule has 0 amide bonds. The largest absolute Gasteiger partial charge is 0.484 e. The van der Waals surface area contributed by atoms with Crippen molar-refractivity contribution in [3.8, 4) is 5.75 Å². The molecule has 1 aliphatic rings. The number of hydrogen-bond donors (Lipinski definition) is 2. The van der Waals surface area contributed by atoms with Crippen LogP contribution in [0.1, 0.15) is 33.1 Å². The van der Waals surface area contributed by atoms with E-state index < -0.39 is 4.92 Å². The molecular weight excluding hydrogens is 272 g/mol. The molecule has 0 heterocycles. The van der Waals surface area contributed by atoms with Gasteiger partial charge in [0, 0.05) is 24.4 Å². The highest BCUT2D eigenvalue weighted by atomic mass is 16.6. The molecule has 2 unspecified atom stereocenters. The van der Waals surface area contributed by atoms with Gasteiger partial charge in [0.15, 0.2) is 5.75 Å². The first-order chi connectivity index (χ1) is 9.95. The third-order valence-electron chi connectivity index (χ3n) is 3.63. The van der Waals surface area contributed by atoms with E-state index in [1.54, 1.807) is 12.1 Å². The molecule has 6 heteroatoms. The summed E-state index contributed by atoms with van der Waals surface area (Å²) in [4.78, 5) is 10.6. The van der Waals surface area contributed by atoms with Crippen molar-refractivity contribution in [2.75, 3.05) is 11.9 Å². The molecule has 21 heavy (non-hydrogen) atoms. The van der Waals surface area contributed by atoms with Gasteiger partial charge in [0.05, 0.1) is 17.1 Å². The Morgan fingerprint density at radius 3 is 2.81 bits per heavy atom. The molecule has 0 aliphatic heterocycles. The average molecular weight is 294 g/mol. The van der Waals surface area contributed by atoms with Crippen LogP contribution in [0.4, 0.5) is 11.4 Å². The number of nitro groups is 1. The van der Waals surface area contributed by atoms with E-state index in [1.165, 1.54) is 6.07 Å². The summed E-state index contributed by atoms with van der Waals surface area (Å²) in [6.45, 7) is 4.43. The smallest absolute Gasteiger partial charge is 0.311 e. The molecular formula is C15H22N2O4. The molecule has 1 aromatic carbocycles. The minimum absolute atomic E-state index is 0.0226. The van der Waals surface area contributed by atoms with Gasteiger partial charge in [0.1, 0.15) is 0 Å². The molecule has 1 aliphatic carbocycles. The molecule has 1 fully saturated rings. The lowest BCUT2D eigenvalue weighted by atomic mass is 10.1. The summed E-state index contributed by atoms with van der Waals surface area (Å²) in [6, 6.07) is 4.82. The van der Waals surface area contributed by atoms with Crippen molar-refractivity contribution < 1.29 is 14.8 Å². The van der Waals surface area contributed by atoms with Gasteiger partial charge >= 0.3 is 5.69 Å². The number of ether oxygens (including phenoxy) is 1. The summed E-state index contributed by atoms with van der Waals surface area (Å²) in [5.74, 6) is 0.733. The number of rotatable bonds is 6. The summed E-state index contributed by atoms with van der Waals surface area (Å²) in [7, 11) is 0. The van der Waals surface area contributed by atoms with E-state index in [9.17, 15) is 15.2 Å². The minimum atomic E-state index is -0.436. The van der Waals surface area contributed by atoms with Crippen LogP contribution in [0, 0.1) is 16.0 Å². The fraction of sp³-hybridized carbons (Fsp3) is 0.600. The molecule has 0 bridgehead atoms. The van der Waals surface area contributed by atoms with Gasteiger partial charge in [0.2, 0.25) is 0 Å². The van der Waals surface area contributed by atoms with Crippen molar-refractivity contribution in [3.63, 3.8) is 0 Å². The highest BCUT2D eigenvalue weighted by molar-refractivity contribution is 5.58. The van der Waals surface area contributed by atoms with Gasteiger partial charge in [-0.1, -0.05) is 0 Å². The number of nitro benzene ring substituents is 1. The topological polar surface area (TPSA) is 84.6 Å². The summed E-state index contributed by atoms with van der Waals surface area (Å²) in [5, 5.41) is 23.8. The predicted molar refractivity (Wildman–Crippen MR) is 80.7 cm³/mol.